The van der Waals surface area contributed by atoms with Crippen LogP contribution in [0.2, 0.25) is 0 Å². The average molecular weight is 384 g/mol. The van der Waals surface area contributed by atoms with E-state index in [-0.39, 0.29) is 23.8 Å². The van der Waals surface area contributed by atoms with Crippen molar-refractivity contribution in [2.24, 2.45) is 0 Å². The van der Waals surface area contributed by atoms with E-state index in [1.165, 1.54) is 25.3 Å². The second kappa shape index (κ2) is 7.74. The van der Waals surface area contributed by atoms with Gasteiger partial charge in [0.2, 0.25) is 5.88 Å². The molecule has 0 saturated carbocycles. The second-order valence-electron chi connectivity index (χ2n) is 5.66. The highest BCUT2D eigenvalue weighted by molar-refractivity contribution is 6.13. The Kier molecular flexibility index (Phi) is 5.21. The monoisotopic (exact) mass is 384 g/mol. The average Bonchev–Trinajstić information content (AvgIpc) is 2.95. The van der Waals surface area contributed by atoms with E-state index in [0.717, 1.165) is 11.1 Å². The second-order valence-corrected chi connectivity index (χ2v) is 5.66. The van der Waals surface area contributed by atoms with E-state index in [2.05, 4.69) is 10.3 Å². The molecule has 0 spiro atoms. The fourth-order valence-electron chi connectivity index (χ4n) is 2.54. The Balaban J connectivity index is 1.83. The van der Waals surface area contributed by atoms with Crippen LogP contribution in [-0.2, 0) is 4.79 Å². The molecule has 2 heterocycles. The number of nitrogens with one attached hydrogen (secondary N) is 1. The molecule has 3 amide bonds. The first kappa shape index (κ1) is 18.8. The van der Waals surface area contributed by atoms with Crippen molar-refractivity contribution < 1.29 is 24.0 Å². The Morgan fingerprint density at radius 1 is 1.25 bits per heavy atom. The first-order chi connectivity index (χ1) is 13.4. The maximum absolute atomic E-state index is 12.2. The number of ether oxygens (including phenoxy) is 2. The summed E-state index contributed by atoms with van der Waals surface area (Å²) in [6.45, 7) is 1.99. The smallest absolute Gasteiger partial charge is 0.328 e. The van der Waals surface area contributed by atoms with Crippen molar-refractivity contribution in [1.29, 1.82) is 0 Å². The summed E-state index contributed by atoms with van der Waals surface area (Å²) in [5.41, 5.74) is 0.632. The van der Waals surface area contributed by atoms with Crippen LogP contribution in [0.3, 0.4) is 0 Å². The predicted molar refractivity (Wildman–Crippen MR) is 97.9 cm³/mol. The molecule has 0 aliphatic carbocycles. The van der Waals surface area contributed by atoms with Crippen LogP contribution in [0.1, 0.15) is 12.5 Å². The van der Waals surface area contributed by atoms with Gasteiger partial charge in [-0.3, -0.25) is 19.8 Å². The van der Waals surface area contributed by atoms with Crippen molar-refractivity contribution in [1.82, 2.24) is 15.2 Å². The number of rotatable bonds is 6. The molecule has 2 aromatic rings. The molecular formula is C18H16N4O6. The molecule has 1 aromatic heterocycles. The Morgan fingerprint density at radius 3 is 2.61 bits per heavy atom. The third-order valence-corrected chi connectivity index (χ3v) is 3.92. The summed E-state index contributed by atoms with van der Waals surface area (Å²) in [5, 5.41) is 13.2. The van der Waals surface area contributed by atoms with Crippen molar-refractivity contribution in [3.05, 3.63) is 57.9 Å². The number of benzene rings is 1. The summed E-state index contributed by atoms with van der Waals surface area (Å²) in [4.78, 5) is 39.0. The first-order valence-corrected chi connectivity index (χ1v) is 8.23. The number of methoxy groups -OCH3 is 1. The third-order valence-electron chi connectivity index (χ3n) is 3.92. The minimum Gasteiger partial charge on any atom is -0.493 e. The maximum Gasteiger partial charge on any atom is 0.328 e. The lowest BCUT2D eigenvalue weighted by molar-refractivity contribution is -0.385. The molecule has 0 bridgehead atoms. The fraction of sp³-hybridized carbons (Fsp3) is 0.167. The van der Waals surface area contributed by atoms with E-state index in [4.69, 9.17) is 9.47 Å². The molecule has 3 rings (SSSR count). The number of carbonyl (C=O) groups is 2. The van der Waals surface area contributed by atoms with Gasteiger partial charge in [-0.1, -0.05) is 6.07 Å². The zero-order chi connectivity index (χ0) is 20.3. The van der Waals surface area contributed by atoms with Gasteiger partial charge in [0, 0.05) is 18.7 Å². The summed E-state index contributed by atoms with van der Waals surface area (Å²) in [7, 11) is 1.45. The predicted octanol–water partition coefficient (Wildman–Crippen LogP) is 2.70. The Labute approximate surface area is 159 Å². The molecule has 28 heavy (non-hydrogen) atoms. The van der Waals surface area contributed by atoms with Gasteiger partial charge < -0.3 is 14.8 Å². The number of hydrogen-bond donors (Lipinski definition) is 1. The highest BCUT2D eigenvalue weighted by Gasteiger charge is 2.32. The van der Waals surface area contributed by atoms with Gasteiger partial charge in [0.25, 0.3) is 11.6 Å². The van der Waals surface area contributed by atoms with Crippen LogP contribution < -0.4 is 14.8 Å². The number of nitrogens with zero attached hydrogens (tertiary/aromatic N) is 3. The summed E-state index contributed by atoms with van der Waals surface area (Å²) in [5.74, 6) is 0.454. The standard InChI is InChI=1S/C18H16N4O6/c1-3-21-17(23)13(20-18(21)24)8-11-4-6-14(15(9-11)27-2)28-16-7-5-12(10-19-16)22(25)26/h4-10H,3H2,1-2H3,(H,20,24)/b13-8+. The summed E-state index contributed by atoms with van der Waals surface area (Å²) in [6, 6.07) is 7.09. The topological polar surface area (TPSA) is 124 Å². The van der Waals surface area contributed by atoms with E-state index in [0.29, 0.717) is 17.1 Å². The number of hydrogen-bond acceptors (Lipinski definition) is 7. The van der Waals surface area contributed by atoms with Crippen LogP contribution in [0.4, 0.5) is 10.5 Å². The number of nitro groups is 1. The molecule has 144 valence electrons. The molecule has 1 aliphatic rings. The van der Waals surface area contributed by atoms with Crippen molar-refractivity contribution in [2.45, 2.75) is 6.92 Å². The number of carbonyl (C=O) groups excluding carboxylic acids is 2. The van der Waals surface area contributed by atoms with Gasteiger partial charge in [-0.2, -0.15) is 0 Å². The summed E-state index contributed by atoms with van der Waals surface area (Å²) < 4.78 is 10.9. The molecule has 0 unspecified atom stereocenters. The lowest BCUT2D eigenvalue weighted by atomic mass is 10.1. The van der Waals surface area contributed by atoms with Crippen molar-refractivity contribution in [3.8, 4) is 17.4 Å². The Bertz CT molecular complexity index is 971. The zero-order valence-corrected chi connectivity index (χ0v) is 15.0. The van der Waals surface area contributed by atoms with Crippen LogP contribution in [-0.4, -0.2) is 40.4 Å². The van der Waals surface area contributed by atoms with E-state index in [1.54, 1.807) is 25.1 Å². The first-order valence-electron chi connectivity index (χ1n) is 8.23. The molecule has 1 aliphatic heterocycles. The van der Waals surface area contributed by atoms with Crippen LogP contribution in [0.25, 0.3) is 6.08 Å². The number of urea groups is 1. The minimum atomic E-state index is -0.553. The summed E-state index contributed by atoms with van der Waals surface area (Å²) >= 11 is 0. The normalized spacial score (nSPS) is 14.9. The van der Waals surface area contributed by atoms with Gasteiger partial charge in [-0.15, -0.1) is 0 Å². The van der Waals surface area contributed by atoms with Gasteiger partial charge in [0.05, 0.1) is 12.0 Å². The molecule has 1 N–H and O–H groups in total. The van der Waals surface area contributed by atoms with Crippen LogP contribution in [0.15, 0.2) is 42.2 Å². The van der Waals surface area contributed by atoms with E-state index in [9.17, 15) is 19.7 Å². The van der Waals surface area contributed by atoms with Gasteiger partial charge in [0.1, 0.15) is 11.9 Å². The number of pyridine rings is 1. The van der Waals surface area contributed by atoms with Crippen molar-refractivity contribution in [2.75, 3.05) is 13.7 Å². The number of imide groups is 1. The van der Waals surface area contributed by atoms with E-state index in [1.807, 2.05) is 0 Å². The highest BCUT2D eigenvalue weighted by atomic mass is 16.6. The number of amides is 3. The lowest BCUT2D eigenvalue weighted by Gasteiger charge is -2.10. The highest BCUT2D eigenvalue weighted by Crippen LogP contribution is 2.32. The molecule has 1 saturated heterocycles. The Hall–Kier alpha value is -3.95. The van der Waals surface area contributed by atoms with Gasteiger partial charge in [0.15, 0.2) is 11.5 Å². The maximum atomic E-state index is 12.2. The number of likely N-dealkylation sites (N-methyl/N-ethyl adjacent to an activating group) is 1. The fourth-order valence-corrected chi connectivity index (χ4v) is 2.54. The molecule has 0 atom stereocenters. The lowest BCUT2D eigenvalue weighted by Crippen LogP contribution is -2.30. The van der Waals surface area contributed by atoms with Gasteiger partial charge >= 0.3 is 6.03 Å². The zero-order valence-electron chi connectivity index (χ0n) is 15.0. The van der Waals surface area contributed by atoms with Gasteiger partial charge in [-0.25, -0.2) is 9.78 Å². The Morgan fingerprint density at radius 2 is 2.04 bits per heavy atom. The summed E-state index contributed by atoms with van der Waals surface area (Å²) in [6.07, 6.45) is 2.63. The van der Waals surface area contributed by atoms with Crippen LogP contribution in [0, 0.1) is 10.1 Å². The van der Waals surface area contributed by atoms with Crippen molar-refractivity contribution >= 4 is 23.7 Å². The molecular weight excluding hydrogens is 368 g/mol. The molecule has 10 heteroatoms. The van der Waals surface area contributed by atoms with Gasteiger partial charge in [-0.05, 0) is 30.7 Å². The van der Waals surface area contributed by atoms with E-state index < -0.39 is 16.9 Å². The largest absolute Gasteiger partial charge is 0.493 e. The third kappa shape index (κ3) is 3.75. The molecule has 10 nitrogen and oxygen atoms in total. The molecule has 1 fully saturated rings. The minimum absolute atomic E-state index is 0.148. The van der Waals surface area contributed by atoms with E-state index >= 15 is 0 Å². The SMILES string of the molecule is CCN1C(=O)N/C(=C/c2ccc(Oc3ccc([N+](=O)[O-])cn3)c(OC)c2)C1=O. The molecule has 1 aromatic carbocycles. The van der Waals surface area contributed by atoms with Crippen molar-refractivity contribution in [3.63, 3.8) is 0 Å². The van der Waals surface area contributed by atoms with Crippen LogP contribution in [0.5, 0.6) is 17.4 Å². The van der Waals surface area contributed by atoms with Crippen LogP contribution >= 0.6 is 0 Å². The molecule has 0 radical (unpaired) electrons. The number of aromatic nitrogens is 1. The quantitative estimate of drug-likeness (QED) is 0.351.